The molecule has 82 valence electrons. The molecule has 2 N–H and O–H groups in total. The Morgan fingerprint density at radius 1 is 1.53 bits per heavy atom. The number of imide groups is 1. The second kappa shape index (κ2) is 3.92. The predicted octanol–water partition coefficient (Wildman–Crippen LogP) is 0.525. The van der Waals surface area contributed by atoms with E-state index in [2.05, 4.69) is 10.6 Å². The predicted molar refractivity (Wildman–Crippen MR) is 52.9 cm³/mol. The summed E-state index contributed by atoms with van der Waals surface area (Å²) >= 11 is 0. The number of ether oxygens (including phenoxy) is 1. The Kier molecular flexibility index (Phi) is 2.62. The van der Waals surface area contributed by atoms with Gasteiger partial charge < -0.3 is 10.1 Å². The molecule has 0 spiro atoms. The van der Waals surface area contributed by atoms with Crippen LogP contribution in [-0.2, 0) is 9.53 Å². The molecule has 0 aromatic carbocycles. The van der Waals surface area contributed by atoms with Crippen molar-refractivity contribution in [3.05, 3.63) is 11.8 Å². The van der Waals surface area contributed by atoms with E-state index in [1.807, 2.05) is 13.0 Å². The molecule has 3 amide bonds. The van der Waals surface area contributed by atoms with E-state index >= 15 is 0 Å². The molecule has 1 heterocycles. The quantitative estimate of drug-likeness (QED) is 0.698. The molecule has 15 heavy (non-hydrogen) atoms. The average Bonchev–Trinajstić information content (AvgIpc) is 2.17. The van der Waals surface area contributed by atoms with E-state index in [-0.39, 0.29) is 17.9 Å². The van der Waals surface area contributed by atoms with Crippen molar-refractivity contribution in [1.82, 2.24) is 10.6 Å². The van der Waals surface area contributed by atoms with Crippen LogP contribution >= 0.6 is 0 Å². The Hall–Kier alpha value is -1.52. The van der Waals surface area contributed by atoms with Gasteiger partial charge in [0.05, 0.1) is 24.3 Å². The number of carbonyl (C=O) groups excluding carboxylic acids is 2. The molecule has 5 nitrogen and oxygen atoms in total. The number of hydrogen-bond acceptors (Lipinski definition) is 3. The van der Waals surface area contributed by atoms with Gasteiger partial charge in [0, 0.05) is 6.42 Å². The van der Waals surface area contributed by atoms with Gasteiger partial charge in [-0.2, -0.15) is 0 Å². The summed E-state index contributed by atoms with van der Waals surface area (Å²) in [6.45, 7) is 2.53. The molecule has 0 saturated carbocycles. The van der Waals surface area contributed by atoms with Gasteiger partial charge in [-0.3, -0.25) is 10.1 Å². The summed E-state index contributed by atoms with van der Waals surface area (Å²) < 4.78 is 5.38. The largest absolute Gasteiger partial charge is 0.498 e. The summed E-state index contributed by atoms with van der Waals surface area (Å²) in [4.78, 5) is 22.5. The number of allylic oxidation sites excluding steroid dienone is 1. The first kappa shape index (κ1) is 10.0. The lowest BCUT2D eigenvalue weighted by molar-refractivity contribution is -0.125. The molecule has 1 fully saturated rings. The van der Waals surface area contributed by atoms with Crippen LogP contribution in [0.4, 0.5) is 4.79 Å². The van der Waals surface area contributed by atoms with Crippen molar-refractivity contribution < 1.29 is 14.3 Å². The van der Waals surface area contributed by atoms with Gasteiger partial charge in [-0.15, -0.1) is 0 Å². The molecule has 0 aromatic heterocycles. The zero-order valence-corrected chi connectivity index (χ0v) is 8.58. The zero-order chi connectivity index (χ0) is 10.8. The van der Waals surface area contributed by atoms with Crippen LogP contribution in [0.25, 0.3) is 0 Å². The SMILES string of the molecule is CCOC1=CC2NC(=O)NC(=O)C2CC1. The van der Waals surface area contributed by atoms with Crippen molar-refractivity contribution in [2.45, 2.75) is 25.8 Å². The van der Waals surface area contributed by atoms with Gasteiger partial charge in [-0.1, -0.05) is 0 Å². The molecule has 2 atom stereocenters. The van der Waals surface area contributed by atoms with Crippen LogP contribution in [0.15, 0.2) is 11.8 Å². The van der Waals surface area contributed by atoms with Crippen molar-refractivity contribution >= 4 is 11.9 Å². The fourth-order valence-corrected chi connectivity index (χ4v) is 2.01. The highest BCUT2D eigenvalue weighted by Crippen LogP contribution is 2.26. The summed E-state index contributed by atoms with van der Waals surface area (Å²) in [6.07, 6.45) is 3.33. The van der Waals surface area contributed by atoms with Crippen LogP contribution in [0.2, 0.25) is 0 Å². The van der Waals surface area contributed by atoms with Gasteiger partial charge >= 0.3 is 6.03 Å². The van der Waals surface area contributed by atoms with Crippen molar-refractivity contribution in [1.29, 1.82) is 0 Å². The number of amides is 3. The van der Waals surface area contributed by atoms with E-state index in [1.165, 1.54) is 0 Å². The first-order valence-corrected chi connectivity index (χ1v) is 5.15. The Balaban J connectivity index is 2.13. The van der Waals surface area contributed by atoms with Gasteiger partial charge in [-0.25, -0.2) is 4.79 Å². The number of fused-ring (bicyclic) bond motifs is 1. The summed E-state index contributed by atoms with van der Waals surface area (Å²) in [6, 6.07) is -0.628. The van der Waals surface area contributed by atoms with E-state index < -0.39 is 6.03 Å². The molecule has 1 aliphatic carbocycles. The number of nitrogens with one attached hydrogen (secondary N) is 2. The lowest BCUT2D eigenvalue weighted by Gasteiger charge is -2.33. The fourth-order valence-electron chi connectivity index (χ4n) is 2.01. The maximum atomic E-state index is 11.5. The second-order valence-electron chi connectivity index (χ2n) is 3.70. The van der Waals surface area contributed by atoms with Gasteiger partial charge in [0.1, 0.15) is 0 Å². The monoisotopic (exact) mass is 210 g/mol. The molecule has 2 unspecified atom stereocenters. The highest BCUT2D eigenvalue weighted by atomic mass is 16.5. The third kappa shape index (κ3) is 1.95. The van der Waals surface area contributed by atoms with E-state index in [1.54, 1.807) is 0 Å². The standard InChI is InChI=1S/C10H14N2O3/c1-2-15-6-3-4-7-8(5-6)11-10(14)12-9(7)13/h5,7-8H,2-4H2,1H3,(H2,11,12,13,14). The Morgan fingerprint density at radius 3 is 3.07 bits per heavy atom. The molecule has 0 radical (unpaired) electrons. The molecule has 2 aliphatic rings. The number of rotatable bonds is 2. The van der Waals surface area contributed by atoms with E-state index in [0.717, 1.165) is 18.6 Å². The van der Waals surface area contributed by atoms with Gasteiger partial charge in [0.2, 0.25) is 5.91 Å². The molecule has 1 saturated heterocycles. The Morgan fingerprint density at radius 2 is 2.33 bits per heavy atom. The van der Waals surface area contributed by atoms with Crippen molar-refractivity contribution in [2.24, 2.45) is 5.92 Å². The lowest BCUT2D eigenvalue weighted by Crippen LogP contribution is -2.58. The van der Waals surface area contributed by atoms with Crippen LogP contribution < -0.4 is 10.6 Å². The summed E-state index contributed by atoms with van der Waals surface area (Å²) in [7, 11) is 0. The zero-order valence-electron chi connectivity index (χ0n) is 8.58. The average molecular weight is 210 g/mol. The fraction of sp³-hybridized carbons (Fsp3) is 0.600. The third-order valence-electron chi connectivity index (χ3n) is 2.70. The van der Waals surface area contributed by atoms with Crippen LogP contribution in [0.1, 0.15) is 19.8 Å². The van der Waals surface area contributed by atoms with Gasteiger partial charge in [0.25, 0.3) is 0 Å². The van der Waals surface area contributed by atoms with E-state index in [4.69, 9.17) is 4.74 Å². The third-order valence-corrected chi connectivity index (χ3v) is 2.70. The maximum Gasteiger partial charge on any atom is 0.321 e. The Bertz CT molecular complexity index is 325. The normalized spacial score (nSPS) is 29.8. The number of hydrogen-bond donors (Lipinski definition) is 2. The summed E-state index contributed by atoms with van der Waals surface area (Å²) in [5, 5.41) is 4.98. The molecule has 0 aromatic rings. The molecular weight excluding hydrogens is 196 g/mol. The van der Waals surface area contributed by atoms with Crippen LogP contribution in [-0.4, -0.2) is 24.6 Å². The molecule has 1 aliphatic heterocycles. The first-order valence-electron chi connectivity index (χ1n) is 5.15. The molecular formula is C10H14N2O3. The number of urea groups is 1. The van der Waals surface area contributed by atoms with Crippen LogP contribution in [0, 0.1) is 5.92 Å². The minimum Gasteiger partial charge on any atom is -0.498 e. The van der Waals surface area contributed by atoms with Crippen molar-refractivity contribution in [3.63, 3.8) is 0 Å². The van der Waals surface area contributed by atoms with Crippen LogP contribution in [0.3, 0.4) is 0 Å². The highest BCUT2D eigenvalue weighted by molar-refractivity contribution is 5.98. The van der Waals surface area contributed by atoms with Gasteiger partial charge in [0.15, 0.2) is 0 Å². The van der Waals surface area contributed by atoms with E-state index in [9.17, 15) is 9.59 Å². The van der Waals surface area contributed by atoms with Crippen LogP contribution in [0.5, 0.6) is 0 Å². The minimum atomic E-state index is -0.421. The smallest absolute Gasteiger partial charge is 0.321 e. The molecule has 5 heteroatoms. The lowest BCUT2D eigenvalue weighted by atomic mass is 9.86. The highest BCUT2D eigenvalue weighted by Gasteiger charge is 2.36. The van der Waals surface area contributed by atoms with Gasteiger partial charge in [-0.05, 0) is 19.4 Å². The number of carbonyl (C=O) groups is 2. The minimum absolute atomic E-state index is 0.146. The summed E-state index contributed by atoms with van der Waals surface area (Å²) in [5.74, 6) is 0.538. The summed E-state index contributed by atoms with van der Waals surface area (Å²) in [5.41, 5.74) is 0. The van der Waals surface area contributed by atoms with E-state index in [0.29, 0.717) is 6.61 Å². The second-order valence-corrected chi connectivity index (χ2v) is 3.70. The van der Waals surface area contributed by atoms with Crippen molar-refractivity contribution in [3.8, 4) is 0 Å². The Labute approximate surface area is 87.9 Å². The first-order chi connectivity index (χ1) is 7.20. The maximum absolute atomic E-state index is 11.5. The topological polar surface area (TPSA) is 67.4 Å². The van der Waals surface area contributed by atoms with Crippen molar-refractivity contribution in [2.75, 3.05) is 6.61 Å². The molecule has 2 rings (SSSR count). The molecule has 0 bridgehead atoms.